The van der Waals surface area contributed by atoms with Gasteiger partial charge in [0, 0.05) is 18.2 Å². The number of thiazole rings is 1. The quantitative estimate of drug-likeness (QED) is 0.337. The van der Waals surface area contributed by atoms with Crippen LogP contribution >= 0.6 is 11.3 Å². The molecule has 0 bridgehead atoms. The molecule has 220 valence electrons. The first-order chi connectivity index (χ1) is 18.3. The highest BCUT2D eigenvalue weighted by Gasteiger charge is 2.71. The van der Waals surface area contributed by atoms with Crippen molar-refractivity contribution in [2.75, 3.05) is 13.1 Å². The van der Waals surface area contributed by atoms with Gasteiger partial charge in [0.1, 0.15) is 11.3 Å². The number of nitrogens with zero attached hydrogens (tertiary/aromatic N) is 2. The van der Waals surface area contributed by atoms with Crippen LogP contribution in [0.4, 0.5) is 26.3 Å². The van der Waals surface area contributed by atoms with E-state index < -0.39 is 40.9 Å². The van der Waals surface area contributed by atoms with Crippen molar-refractivity contribution in [2.24, 2.45) is 0 Å². The van der Waals surface area contributed by atoms with Gasteiger partial charge in [-0.2, -0.15) is 26.3 Å². The average Bonchev–Trinajstić information content (AvgIpc) is 3.47. The van der Waals surface area contributed by atoms with E-state index in [4.69, 9.17) is 4.74 Å². The Balaban J connectivity index is 2.10. The molecule has 0 unspecified atom stereocenters. The van der Waals surface area contributed by atoms with Gasteiger partial charge < -0.3 is 20.1 Å². The number of hydrogen-bond acceptors (Lipinski definition) is 7. The molecule has 2 amide bonds. The summed E-state index contributed by atoms with van der Waals surface area (Å²) in [7, 11) is 0. The van der Waals surface area contributed by atoms with Gasteiger partial charge in [-0.1, -0.05) is 18.2 Å². The van der Waals surface area contributed by atoms with Crippen LogP contribution in [0.3, 0.4) is 0 Å². The van der Waals surface area contributed by atoms with Crippen LogP contribution in [-0.4, -0.2) is 70.4 Å². The fourth-order valence-corrected chi connectivity index (χ4v) is 5.35. The average molecular weight is 596 g/mol. The number of alkyl halides is 6. The van der Waals surface area contributed by atoms with Crippen LogP contribution in [0, 0.1) is 6.92 Å². The van der Waals surface area contributed by atoms with Crippen molar-refractivity contribution >= 4 is 29.6 Å². The topological polar surface area (TPSA) is 109 Å². The predicted molar refractivity (Wildman–Crippen MR) is 132 cm³/mol. The van der Waals surface area contributed by atoms with Crippen LogP contribution in [0.25, 0.3) is 10.4 Å². The molecule has 1 aromatic carbocycles. The summed E-state index contributed by atoms with van der Waals surface area (Å²) in [5.41, 5.74) is -7.89. The third-order valence-corrected chi connectivity index (χ3v) is 7.68. The standard InChI is InChI=1S/C25H27F6N3O5S/c1-13-10-15(23(38,24(26,27)28)25(29,30)31)7-8-16(13)18-17(21(37)34-9-5-6-14(34)2)33-20(40-18)19(36)32-11-22(3,4)39-12-35/h7-8,10,12,14,38H,5-6,9,11H2,1-4H3,(H,32,36)/t14-/m0/s1. The maximum absolute atomic E-state index is 13.4. The lowest BCUT2D eigenvalue weighted by Crippen LogP contribution is -2.53. The summed E-state index contributed by atoms with van der Waals surface area (Å²) in [6, 6.07) is 1.79. The Bertz CT molecular complexity index is 1280. The Morgan fingerprint density at radius 2 is 1.82 bits per heavy atom. The second-order valence-electron chi connectivity index (χ2n) is 10.1. The van der Waals surface area contributed by atoms with Crippen LogP contribution in [-0.2, 0) is 15.1 Å². The van der Waals surface area contributed by atoms with E-state index in [1.54, 1.807) is 0 Å². The molecule has 1 aliphatic heterocycles. The summed E-state index contributed by atoms with van der Waals surface area (Å²) >= 11 is 0.724. The third kappa shape index (κ3) is 5.94. The van der Waals surface area contributed by atoms with Crippen molar-refractivity contribution < 1.29 is 50.6 Å². The number of benzene rings is 1. The van der Waals surface area contributed by atoms with E-state index in [1.807, 2.05) is 6.92 Å². The van der Waals surface area contributed by atoms with Crippen LogP contribution in [0.5, 0.6) is 0 Å². The summed E-state index contributed by atoms with van der Waals surface area (Å²) in [6.45, 7) is 6.60. The van der Waals surface area contributed by atoms with Gasteiger partial charge in [0.15, 0.2) is 5.01 Å². The molecular weight excluding hydrogens is 568 g/mol. The number of nitrogens with one attached hydrogen (secondary N) is 1. The number of rotatable bonds is 8. The Labute approximate surface area is 229 Å². The molecule has 3 rings (SSSR count). The number of aromatic nitrogens is 1. The van der Waals surface area contributed by atoms with E-state index in [2.05, 4.69) is 10.3 Å². The zero-order chi connectivity index (χ0) is 30.3. The molecule has 0 aliphatic carbocycles. The van der Waals surface area contributed by atoms with Gasteiger partial charge in [-0.25, -0.2) is 4.98 Å². The molecule has 1 aliphatic rings. The molecule has 1 aromatic heterocycles. The van der Waals surface area contributed by atoms with Gasteiger partial charge in [0.25, 0.3) is 23.9 Å². The Hall–Kier alpha value is -3.20. The van der Waals surface area contributed by atoms with Crippen LogP contribution in [0.15, 0.2) is 18.2 Å². The Kier molecular flexibility index (Phi) is 8.61. The van der Waals surface area contributed by atoms with Crippen LogP contribution in [0.1, 0.15) is 65.0 Å². The Morgan fingerprint density at radius 1 is 1.20 bits per heavy atom. The molecule has 1 fully saturated rings. The number of aliphatic hydroxyl groups is 1. The van der Waals surface area contributed by atoms with E-state index in [9.17, 15) is 45.8 Å². The van der Waals surface area contributed by atoms with Crippen molar-refractivity contribution in [1.29, 1.82) is 0 Å². The second-order valence-corrected chi connectivity index (χ2v) is 11.1. The lowest BCUT2D eigenvalue weighted by atomic mass is 9.89. The van der Waals surface area contributed by atoms with E-state index in [-0.39, 0.29) is 45.8 Å². The lowest BCUT2D eigenvalue weighted by Gasteiger charge is -2.33. The normalized spacial score (nSPS) is 16.7. The Morgan fingerprint density at radius 3 is 2.33 bits per heavy atom. The van der Waals surface area contributed by atoms with Gasteiger partial charge >= 0.3 is 12.4 Å². The number of likely N-dealkylation sites (tertiary alicyclic amines) is 1. The molecule has 2 heterocycles. The first-order valence-corrected chi connectivity index (χ1v) is 12.8. The monoisotopic (exact) mass is 595 g/mol. The van der Waals surface area contributed by atoms with Crippen molar-refractivity contribution in [3.8, 4) is 10.4 Å². The summed E-state index contributed by atoms with van der Waals surface area (Å²) < 4.78 is 85.4. The SMILES string of the molecule is Cc1cc(C(O)(C(F)(F)F)C(F)(F)F)ccc1-c1sc(C(=O)NCC(C)(C)OC=O)nc1C(=O)N1CCC[C@@H]1C. The lowest BCUT2D eigenvalue weighted by molar-refractivity contribution is -0.376. The summed E-state index contributed by atoms with van der Waals surface area (Å²) in [6.07, 6.45) is -10.7. The molecule has 0 spiro atoms. The van der Waals surface area contributed by atoms with Gasteiger partial charge in [-0.3, -0.25) is 14.4 Å². The summed E-state index contributed by atoms with van der Waals surface area (Å²) in [5.74, 6) is -1.29. The van der Waals surface area contributed by atoms with Crippen molar-refractivity contribution in [3.05, 3.63) is 40.0 Å². The van der Waals surface area contributed by atoms with E-state index in [0.29, 0.717) is 31.5 Å². The largest absolute Gasteiger partial charge is 0.460 e. The van der Waals surface area contributed by atoms with Crippen LogP contribution < -0.4 is 5.32 Å². The number of aryl methyl sites for hydroxylation is 1. The van der Waals surface area contributed by atoms with E-state index in [0.717, 1.165) is 17.4 Å². The summed E-state index contributed by atoms with van der Waals surface area (Å²) in [4.78, 5) is 42.8. The molecule has 8 nitrogen and oxygen atoms in total. The smallest absolute Gasteiger partial charge is 0.430 e. The number of hydrogen-bond donors (Lipinski definition) is 2. The van der Waals surface area contributed by atoms with E-state index >= 15 is 0 Å². The second kappa shape index (κ2) is 11.0. The van der Waals surface area contributed by atoms with E-state index in [1.165, 1.54) is 25.7 Å². The molecule has 2 N–H and O–H groups in total. The van der Waals surface area contributed by atoms with Crippen LogP contribution in [0.2, 0.25) is 0 Å². The minimum absolute atomic E-state index is 0.0595. The first-order valence-electron chi connectivity index (χ1n) is 12.0. The first kappa shape index (κ1) is 31.3. The van der Waals surface area contributed by atoms with Gasteiger partial charge in [-0.05, 0) is 51.7 Å². The molecule has 0 saturated carbocycles. The molecular formula is C25H27F6N3O5S. The predicted octanol–water partition coefficient (Wildman–Crippen LogP) is 4.74. The van der Waals surface area contributed by atoms with Crippen molar-refractivity contribution in [2.45, 2.75) is 70.1 Å². The highest BCUT2D eigenvalue weighted by molar-refractivity contribution is 7.17. The number of ether oxygens (including phenoxy) is 1. The molecule has 0 radical (unpaired) electrons. The van der Waals surface area contributed by atoms with Crippen molar-refractivity contribution in [1.82, 2.24) is 15.2 Å². The summed E-state index contributed by atoms with van der Waals surface area (Å²) in [5, 5.41) is 12.1. The third-order valence-electron chi connectivity index (χ3n) is 6.59. The maximum atomic E-state index is 13.4. The van der Waals surface area contributed by atoms with Gasteiger partial charge in [-0.15, -0.1) is 11.3 Å². The van der Waals surface area contributed by atoms with Gasteiger partial charge in [0.05, 0.1) is 11.4 Å². The molecule has 1 saturated heterocycles. The van der Waals surface area contributed by atoms with Gasteiger partial charge in [0.2, 0.25) is 0 Å². The molecule has 2 aromatic rings. The molecule has 40 heavy (non-hydrogen) atoms. The molecule has 15 heteroatoms. The number of carbonyl (C=O) groups is 3. The van der Waals surface area contributed by atoms with Crippen molar-refractivity contribution in [3.63, 3.8) is 0 Å². The molecule has 1 atom stereocenters. The number of carbonyl (C=O) groups excluding carboxylic acids is 3. The fourth-order valence-electron chi connectivity index (χ4n) is 4.29. The fraction of sp³-hybridized carbons (Fsp3) is 0.520. The number of amides is 2. The highest BCUT2D eigenvalue weighted by atomic mass is 32.1. The minimum atomic E-state index is -6.07. The highest BCUT2D eigenvalue weighted by Crippen LogP contribution is 2.50. The zero-order valence-electron chi connectivity index (χ0n) is 21.9. The number of halogens is 6. The minimum Gasteiger partial charge on any atom is -0.460 e. The maximum Gasteiger partial charge on any atom is 0.430 e. The zero-order valence-corrected chi connectivity index (χ0v) is 22.7.